The van der Waals surface area contributed by atoms with Gasteiger partial charge in [-0.25, -0.2) is 26.6 Å². The summed E-state index contributed by atoms with van der Waals surface area (Å²) in [5.74, 6) is -1.68. The van der Waals surface area contributed by atoms with Crippen LogP contribution >= 0.6 is 23.2 Å². The highest BCUT2D eigenvalue weighted by Gasteiger charge is 2.39. The molecule has 1 unspecified atom stereocenters. The fourth-order valence-corrected chi connectivity index (χ4v) is 10.7. The van der Waals surface area contributed by atoms with Crippen LogP contribution in [0.5, 0.6) is 0 Å². The van der Waals surface area contributed by atoms with E-state index in [1.165, 1.54) is 29.2 Å². The Bertz CT molecular complexity index is 3400. The minimum atomic E-state index is -4.45. The number of benzene rings is 5. The first-order valence-corrected chi connectivity index (χ1v) is 26.5. The Hall–Kier alpha value is -6.45. The summed E-state index contributed by atoms with van der Waals surface area (Å²) < 4.78 is 68.4. The molecule has 71 heavy (non-hydrogen) atoms. The van der Waals surface area contributed by atoms with Crippen LogP contribution in [0.4, 0.5) is 27.5 Å². The number of hydrogen-bond acceptors (Lipinski definition) is 11. The van der Waals surface area contributed by atoms with E-state index in [-0.39, 0.29) is 66.2 Å². The van der Waals surface area contributed by atoms with Crippen molar-refractivity contribution in [2.75, 3.05) is 32.5 Å². The number of amides is 2. The van der Waals surface area contributed by atoms with Gasteiger partial charge in [-0.05, 0) is 102 Å². The number of aromatic nitrogens is 1. The van der Waals surface area contributed by atoms with Gasteiger partial charge in [-0.3, -0.25) is 23.9 Å². The van der Waals surface area contributed by atoms with Crippen molar-refractivity contribution in [1.82, 2.24) is 4.98 Å². The number of anilines is 4. The average molecular weight is 1040 g/mol. The zero-order valence-electron chi connectivity index (χ0n) is 41.2. The van der Waals surface area contributed by atoms with E-state index in [1.807, 2.05) is 18.2 Å². The Morgan fingerprint density at radius 3 is 2.11 bits per heavy atom. The quantitative estimate of drug-likeness (QED) is 0.0649. The van der Waals surface area contributed by atoms with Crippen LogP contribution in [0.3, 0.4) is 0 Å². The molecular formula is C52H56Cl2N6O9S2. The molecule has 0 aliphatic carbocycles. The lowest BCUT2D eigenvalue weighted by atomic mass is 9.72. The van der Waals surface area contributed by atoms with Gasteiger partial charge < -0.3 is 14.5 Å². The van der Waals surface area contributed by atoms with Gasteiger partial charge in [0.2, 0.25) is 22.0 Å². The van der Waals surface area contributed by atoms with Crippen LogP contribution in [-0.4, -0.2) is 58.5 Å². The zero-order chi connectivity index (χ0) is 52.6. The number of ether oxygens (including phenoxy) is 1. The lowest BCUT2D eigenvalue weighted by molar-refractivity contribution is -0.142. The SMILES string of the molecule is CCN(C(=O)OC(C(=O)Nc1cc(NS(=O)(=O)c2ccc(NS(C)(=O)=O)c3ccccc23)c(Cl)cc1Cl)C(=O)C(C)(C)C)c1ccc(/C=C(\C#N)c2nc3cc(C(C)(C)CC(C)(C)C)ccc3o2)c(C)c1. The molecule has 0 saturated carbocycles. The molecule has 6 rings (SSSR count). The summed E-state index contributed by atoms with van der Waals surface area (Å²) >= 11 is 13.0. The molecule has 1 heterocycles. The Morgan fingerprint density at radius 2 is 1.51 bits per heavy atom. The number of carbonyl (C=O) groups excluding carboxylic acids is 3. The molecule has 6 aromatic rings. The number of nitriles is 1. The molecule has 1 atom stereocenters. The topological polar surface area (TPSA) is 218 Å². The number of oxazole rings is 1. The number of nitrogens with zero attached hydrogens (tertiary/aromatic N) is 3. The van der Waals surface area contributed by atoms with Crippen LogP contribution < -0.4 is 19.7 Å². The maximum atomic E-state index is 14.1. The fraction of sp³-hybridized carbons (Fsp3) is 0.327. The second-order valence-electron chi connectivity index (χ2n) is 20.1. The third-order valence-electron chi connectivity index (χ3n) is 11.4. The Balaban J connectivity index is 1.23. The zero-order valence-corrected chi connectivity index (χ0v) is 44.4. The summed E-state index contributed by atoms with van der Waals surface area (Å²) in [7, 11) is -8.15. The van der Waals surface area contributed by atoms with Gasteiger partial charge in [0.25, 0.3) is 15.9 Å². The monoisotopic (exact) mass is 1040 g/mol. The molecule has 15 nitrogen and oxygen atoms in total. The molecule has 3 N–H and O–H groups in total. The predicted octanol–water partition coefficient (Wildman–Crippen LogP) is 12.1. The molecule has 0 bridgehead atoms. The molecule has 0 spiro atoms. The molecule has 19 heteroatoms. The standard InChI is InChI=1S/C52H56Cl2N6O9S2/c1-12-60(34-19-17-31(30(2)23-34)24-32(28-55)48-57-42-25-33(18-21-43(42)68-48)52(9,10)29-50(3,4)5)49(63)69-45(46(61)51(6,7)8)47(62)56-40-27-41(38(54)26-37(40)53)59-71(66,67)44-22-20-39(58-70(11,64)65)35-15-13-14-16-36(35)44/h13-27,45,58-59H,12,29H2,1-11H3,(H,56,62)/b32-24+. The predicted molar refractivity (Wildman–Crippen MR) is 282 cm³/mol. The normalized spacial score (nSPS) is 13.1. The van der Waals surface area contributed by atoms with Gasteiger partial charge in [-0.15, -0.1) is 0 Å². The molecular weight excluding hydrogens is 988 g/mol. The third kappa shape index (κ3) is 12.7. The maximum Gasteiger partial charge on any atom is 0.415 e. The van der Waals surface area contributed by atoms with E-state index >= 15 is 0 Å². The van der Waals surface area contributed by atoms with Crippen LogP contribution in [0.25, 0.3) is 33.5 Å². The van der Waals surface area contributed by atoms with Gasteiger partial charge in [-0.2, -0.15) is 5.26 Å². The number of ketones is 1. The summed E-state index contributed by atoms with van der Waals surface area (Å²) in [4.78, 5) is 47.6. The number of fused-ring (bicyclic) bond motifs is 2. The number of allylic oxidation sites excluding steroid dienone is 1. The largest absolute Gasteiger partial charge is 0.435 e. The van der Waals surface area contributed by atoms with Crippen molar-refractivity contribution in [2.24, 2.45) is 10.8 Å². The lowest BCUT2D eigenvalue weighted by Crippen LogP contribution is -2.47. The minimum Gasteiger partial charge on any atom is -0.435 e. The fourth-order valence-electron chi connectivity index (χ4n) is 8.29. The van der Waals surface area contributed by atoms with E-state index in [9.17, 15) is 36.5 Å². The highest BCUT2D eigenvalue weighted by atomic mass is 35.5. The molecule has 0 aliphatic heterocycles. The van der Waals surface area contributed by atoms with E-state index in [1.54, 1.807) is 77.1 Å². The highest BCUT2D eigenvalue weighted by Crippen LogP contribution is 2.39. The number of halogens is 2. The minimum absolute atomic E-state index is 0.0607. The number of carbonyl (C=O) groups is 3. The van der Waals surface area contributed by atoms with E-state index in [4.69, 9.17) is 32.4 Å². The van der Waals surface area contributed by atoms with Crippen molar-refractivity contribution in [3.63, 3.8) is 0 Å². The van der Waals surface area contributed by atoms with Crippen LogP contribution in [0, 0.1) is 29.1 Å². The molecule has 5 aromatic carbocycles. The van der Waals surface area contributed by atoms with Crippen molar-refractivity contribution in [3.05, 3.63) is 118 Å². The van der Waals surface area contributed by atoms with Crippen molar-refractivity contribution >= 4 is 117 Å². The van der Waals surface area contributed by atoms with E-state index < -0.39 is 49.3 Å². The summed E-state index contributed by atoms with van der Waals surface area (Å²) in [6.07, 6.45) is 0.525. The number of aryl methyl sites for hydroxylation is 1. The molecule has 0 aliphatic rings. The van der Waals surface area contributed by atoms with Gasteiger partial charge in [0, 0.05) is 28.4 Å². The highest BCUT2D eigenvalue weighted by molar-refractivity contribution is 7.93. The Labute approximate surface area is 424 Å². The van der Waals surface area contributed by atoms with Crippen LogP contribution in [0.1, 0.15) is 91.3 Å². The smallest absolute Gasteiger partial charge is 0.415 e. The molecule has 0 saturated heterocycles. The summed E-state index contributed by atoms with van der Waals surface area (Å²) in [5, 5.41) is 12.9. The second-order valence-corrected chi connectivity index (χ2v) is 24.3. The Kier molecular flexibility index (Phi) is 15.4. The van der Waals surface area contributed by atoms with Crippen molar-refractivity contribution in [1.29, 1.82) is 5.26 Å². The number of hydrogen-bond donors (Lipinski definition) is 3. The lowest BCUT2D eigenvalue weighted by Gasteiger charge is -2.32. The molecule has 2 amide bonds. The van der Waals surface area contributed by atoms with Gasteiger partial charge in [0.15, 0.2) is 11.4 Å². The summed E-state index contributed by atoms with van der Waals surface area (Å²) in [6, 6.07) is 24.3. The number of Topliss-reactive ketones (excluding diaryl/α,β-unsaturated/α-hetero) is 1. The first-order valence-electron chi connectivity index (χ1n) is 22.4. The number of sulfonamides is 2. The third-order valence-corrected chi connectivity index (χ3v) is 14.0. The van der Waals surface area contributed by atoms with Crippen LogP contribution in [0.15, 0.2) is 94.2 Å². The summed E-state index contributed by atoms with van der Waals surface area (Å²) in [5.41, 5.74) is 2.69. The number of rotatable bonds is 15. The van der Waals surface area contributed by atoms with Crippen LogP contribution in [-0.2, 0) is 39.8 Å². The molecule has 1 aromatic heterocycles. The van der Waals surface area contributed by atoms with Gasteiger partial charge >= 0.3 is 6.09 Å². The number of nitrogens with one attached hydrogen (secondary N) is 3. The summed E-state index contributed by atoms with van der Waals surface area (Å²) in [6.45, 7) is 19.2. The van der Waals surface area contributed by atoms with E-state index in [0.29, 0.717) is 33.3 Å². The first-order chi connectivity index (χ1) is 32.9. The second kappa shape index (κ2) is 20.3. The molecule has 0 fully saturated rings. The van der Waals surface area contributed by atoms with Gasteiger partial charge in [-0.1, -0.05) is 115 Å². The maximum absolute atomic E-state index is 14.1. The average Bonchev–Trinajstić information content (AvgIpc) is 3.69. The van der Waals surface area contributed by atoms with Crippen molar-refractivity contribution in [2.45, 2.75) is 92.1 Å². The van der Waals surface area contributed by atoms with Crippen LogP contribution in [0.2, 0.25) is 10.0 Å². The molecule has 374 valence electrons. The van der Waals surface area contributed by atoms with Gasteiger partial charge in [0.1, 0.15) is 17.2 Å². The Morgan fingerprint density at radius 1 is 0.845 bits per heavy atom. The first kappa shape index (κ1) is 53.9. The molecule has 0 radical (unpaired) electrons. The van der Waals surface area contributed by atoms with E-state index in [0.717, 1.165) is 24.3 Å². The van der Waals surface area contributed by atoms with Crippen molar-refractivity contribution < 1.29 is 40.4 Å². The van der Waals surface area contributed by atoms with E-state index in [2.05, 4.69) is 60.4 Å². The van der Waals surface area contributed by atoms with Gasteiger partial charge in [0.05, 0.1) is 38.3 Å². The van der Waals surface area contributed by atoms with Crippen molar-refractivity contribution in [3.8, 4) is 6.07 Å².